The second-order valence-corrected chi connectivity index (χ2v) is 9.66. The van der Waals surface area contributed by atoms with E-state index in [0.717, 1.165) is 36.2 Å². The van der Waals surface area contributed by atoms with Gasteiger partial charge in [-0.25, -0.2) is 0 Å². The lowest BCUT2D eigenvalue weighted by Gasteiger charge is -2.59. The second kappa shape index (κ2) is 5.45. The summed E-state index contributed by atoms with van der Waals surface area (Å²) in [6, 6.07) is 2.41. The van der Waals surface area contributed by atoms with Gasteiger partial charge in [-0.05, 0) is 92.8 Å². The van der Waals surface area contributed by atoms with Crippen molar-refractivity contribution in [2.45, 2.75) is 72.1 Å². The van der Waals surface area contributed by atoms with Crippen LogP contribution >= 0.6 is 0 Å². The lowest BCUT2D eigenvalue weighted by atomic mass is 9.45. The number of hydrogen-bond donors (Lipinski definition) is 0. The van der Waals surface area contributed by atoms with Crippen LogP contribution in [0.2, 0.25) is 0 Å². The van der Waals surface area contributed by atoms with Gasteiger partial charge in [0.2, 0.25) is 0 Å². The molecule has 0 spiro atoms. The molecule has 0 heterocycles. The summed E-state index contributed by atoms with van der Waals surface area (Å²) in [4.78, 5) is 12.2. The molecule has 3 saturated carbocycles. The third kappa shape index (κ3) is 2.09. The van der Waals surface area contributed by atoms with E-state index in [1.807, 2.05) is 6.92 Å². The summed E-state index contributed by atoms with van der Waals surface area (Å²) in [7, 11) is 0. The number of hydrogen-bond acceptors (Lipinski definition) is 2. The van der Waals surface area contributed by atoms with E-state index in [-0.39, 0.29) is 5.41 Å². The summed E-state index contributed by atoms with van der Waals surface area (Å²) in [6.45, 7) is 6.76. The third-order valence-electron chi connectivity index (χ3n) is 8.91. The Labute approximate surface area is 146 Å². The van der Waals surface area contributed by atoms with Gasteiger partial charge in [-0.1, -0.05) is 19.9 Å². The first kappa shape index (κ1) is 16.4. The average Bonchev–Trinajstić information content (AvgIpc) is 2.91. The summed E-state index contributed by atoms with van der Waals surface area (Å²) in [5.74, 6) is 3.71. The molecule has 0 aliphatic heterocycles. The number of nitriles is 1. The van der Waals surface area contributed by atoms with Gasteiger partial charge in [0.15, 0.2) is 0 Å². The zero-order valence-electron chi connectivity index (χ0n) is 15.5. The van der Waals surface area contributed by atoms with Crippen LogP contribution in [0, 0.1) is 51.8 Å². The molecular formula is C22H31NO. The highest BCUT2D eigenvalue weighted by Crippen LogP contribution is 2.67. The van der Waals surface area contributed by atoms with Gasteiger partial charge in [-0.3, -0.25) is 4.79 Å². The highest BCUT2D eigenvalue weighted by Gasteiger charge is 2.60. The van der Waals surface area contributed by atoms with Gasteiger partial charge in [0.25, 0.3) is 0 Å². The number of rotatable bonds is 1. The lowest BCUT2D eigenvalue weighted by molar-refractivity contribution is -0.130. The number of carbonyl (C=O) groups is 1. The molecule has 3 fully saturated rings. The topological polar surface area (TPSA) is 40.9 Å². The normalized spacial score (nSPS) is 50.1. The number of ketones is 1. The second-order valence-electron chi connectivity index (χ2n) is 9.66. The Morgan fingerprint density at radius 3 is 2.54 bits per heavy atom. The smallest absolute Gasteiger partial charge is 0.133 e. The van der Waals surface area contributed by atoms with Crippen LogP contribution in [-0.4, -0.2) is 5.78 Å². The van der Waals surface area contributed by atoms with Gasteiger partial charge < -0.3 is 0 Å². The fourth-order valence-electron chi connectivity index (χ4n) is 7.62. The van der Waals surface area contributed by atoms with E-state index < -0.39 is 0 Å². The maximum absolute atomic E-state index is 12.2. The first-order valence-corrected chi connectivity index (χ1v) is 10.0. The molecule has 7 atom stereocenters. The Bertz CT molecular complexity index is 628. The highest BCUT2D eigenvalue weighted by molar-refractivity contribution is 5.79. The summed E-state index contributed by atoms with van der Waals surface area (Å²) in [5.41, 5.74) is 1.67. The summed E-state index contributed by atoms with van der Waals surface area (Å²) >= 11 is 0. The van der Waals surface area contributed by atoms with Crippen molar-refractivity contribution in [2.75, 3.05) is 0 Å². The Morgan fingerprint density at radius 2 is 1.83 bits per heavy atom. The number of allylic oxidation sites excluding steroid dienone is 2. The van der Waals surface area contributed by atoms with Crippen LogP contribution in [0.25, 0.3) is 0 Å². The fourth-order valence-corrected chi connectivity index (χ4v) is 7.62. The molecule has 0 saturated heterocycles. The monoisotopic (exact) mass is 325 g/mol. The van der Waals surface area contributed by atoms with E-state index in [1.165, 1.54) is 38.5 Å². The molecule has 0 aromatic carbocycles. The van der Waals surface area contributed by atoms with E-state index in [9.17, 15) is 10.1 Å². The van der Waals surface area contributed by atoms with Crippen LogP contribution in [-0.2, 0) is 4.79 Å². The SMILES string of the molecule is CC(=O)[C@H]1CC[C@H]2[C@@H]3CC[C@@H]4C=C(C#N)CC[C@]4(C)[C@H]3CC[C@]12C. The molecule has 130 valence electrons. The van der Waals surface area contributed by atoms with Gasteiger partial charge in [-0.15, -0.1) is 0 Å². The molecule has 0 N–H and O–H groups in total. The molecule has 0 unspecified atom stereocenters. The minimum atomic E-state index is 0.262. The molecule has 4 aliphatic carbocycles. The standard InChI is InChI=1S/C22H31NO/c1-14(24)18-6-7-19-17-5-4-16-12-15(13-23)8-10-21(16,2)20(17)9-11-22(18,19)3/h12,16-20H,4-11H2,1-3H3/t16-,17+,18-,19+,20+,21+,22-/m1/s1. The first-order valence-electron chi connectivity index (χ1n) is 10.0. The van der Waals surface area contributed by atoms with Crippen molar-refractivity contribution in [1.29, 1.82) is 5.26 Å². The van der Waals surface area contributed by atoms with Gasteiger partial charge >= 0.3 is 0 Å². The highest BCUT2D eigenvalue weighted by atomic mass is 16.1. The van der Waals surface area contributed by atoms with Crippen molar-refractivity contribution in [2.24, 2.45) is 40.4 Å². The van der Waals surface area contributed by atoms with Gasteiger partial charge in [-0.2, -0.15) is 5.26 Å². The van der Waals surface area contributed by atoms with E-state index in [2.05, 4.69) is 26.0 Å². The summed E-state index contributed by atoms with van der Waals surface area (Å²) in [5, 5.41) is 9.29. The molecule has 0 radical (unpaired) electrons. The van der Waals surface area contributed by atoms with Crippen molar-refractivity contribution in [3.63, 3.8) is 0 Å². The zero-order valence-corrected chi connectivity index (χ0v) is 15.5. The number of carbonyl (C=O) groups excluding carboxylic acids is 1. The molecule has 24 heavy (non-hydrogen) atoms. The Kier molecular flexibility index (Phi) is 3.72. The van der Waals surface area contributed by atoms with Crippen molar-refractivity contribution < 1.29 is 4.79 Å². The van der Waals surface area contributed by atoms with Gasteiger partial charge in [0.1, 0.15) is 5.78 Å². The van der Waals surface area contributed by atoms with Crippen molar-refractivity contribution >= 4 is 5.78 Å². The first-order chi connectivity index (χ1) is 11.4. The molecule has 0 amide bonds. The molecule has 2 nitrogen and oxygen atoms in total. The van der Waals surface area contributed by atoms with Gasteiger partial charge in [0.05, 0.1) is 6.07 Å². The predicted octanol–water partition coefficient (Wildman–Crippen LogP) is 5.29. The number of Topliss-reactive ketones (excluding diaryl/α,β-unsaturated/α-hetero) is 1. The van der Waals surface area contributed by atoms with E-state index in [0.29, 0.717) is 23.0 Å². The van der Waals surface area contributed by atoms with Crippen molar-refractivity contribution in [1.82, 2.24) is 0 Å². The third-order valence-corrected chi connectivity index (χ3v) is 8.91. The molecule has 0 aromatic rings. The number of fused-ring (bicyclic) bond motifs is 5. The van der Waals surface area contributed by atoms with Crippen LogP contribution in [0.15, 0.2) is 11.6 Å². The maximum atomic E-state index is 12.2. The van der Waals surface area contributed by atoms with Crippen LogP contribution in [0.5, 0.6) is 0 Å². The van der Waals surface area contributed by atoms with Crippen LogP contribution in [0.3, 0.4) is 0 Å². The average molecular weight is 325 g/mol. The van der Waals surface area contributed by atoms with E-state index >= 15 is 0 Å². The molecule has 2 heteroatoms. The van der Waals surface area contributed by atoms with Crippen LogP contribution in [0.4, 0.5) is 0 Å². The minimum absolute atomic E-state index is 0.262. The molecule has 0 aromatic heterocycles. The lowest BCUT2D eigenvalue weighted by Crippen LogP contribution is -2.52. The maximum Gasteiger partial charge on any atom is 0.133 e. The van der Waals surface area contributed by atoms with Crippen molar-refractivity contribution in [3.8, 4) is 6.07 Å². The number of nitrogens with zero attached hydrogens (tertiary/aromatic N) is 1. The summed E-state index contributed by atoms with van der Waals surface area (Å²) in [6.07, 6.45) is 12.0. The van der Waals surface area contributed by atoms with Gasteiger partial charge in [0, 0.05) is 11.5 Å². The van der Waals surface area contributed by atoms with Crippen LogP contribution in [0.1, 0.15) is 72.1 Å². The zero-order chi connectivity index (χ0) is 17.1. The molecule has 4 rings (SSSR count). The molecule has 0 bridgehead atoms. The van der Waals surface area contributed by atoms with Crippen LogP contribution < -0.4 is 0 Å². The van der Waals surface area contributed by atoms with E-state index in [1.54, 1.807) is 0 Å². The Hall–Kier alpha value is -1.10. The Morgan fingerprint density at radius 1 is 1.08 bits per heavy atom. The molecule has 4 aliphatic rings. The minimum Gasteiger partial charge on any atom is -0.300 e. The van der Waals surface area contributed by atoms with Crippen molar-refractivity contribution in [3.05, 3.63) is 11.6 Å². The van der Waals surface area contributed by atoms with E-state index in [4.69, 9.17) is 0 Å². The predicted molar refractivity (Wildman–Crippen MR) is 95.0 cm³/mol. The fraction of sp³-hybridized carbons (Fsp3) is 0.818. The Balaban J connectivity index is 1.64. The quantitative estimate of drug-likeness (QED) is 0.657. The largest absolute Gasteiger partial charge is 0.300 e. The molecular weight excluding hydrogens is 294 g/mol. The summed E-state index contributed by atoms with van der Waals surface area (Å²) < 4.78 is 0.